The number of fused-ring (bicyclic) bond motifs is 1. The molecule has 0 spiro atoms. The Kier molecular flexibility index (Phi) is 6.00. The average molecular weight is 438 g/mol. The molecule has 1 aromatic heterocycles. The van der Waals surface area contributed by atoms with E-state index in [9.17, 15) is 18.4 Å². The van der Waals surface area contributed by atoms with Gasteiger partial charge in [-0.2, -0.15) is 0 Å². The van der Waals surface area contributed by atoms with Crippen molar-refractivity contribution in [2.24, 2.45) is 5.92 Å². The number of amides is 2. The van der Waals surface area contributed by atoms with Crippen molar-refractivity contribution >= 4 is 34.3 Å². The fourth-order valence-electron chi connectivity index (χ4n) is 4.46. The van der Waals surface area contributed by atoms with E-state index >= 15 is 0 Å². The van der Waals surface area contributed by atoms with E-state index in [-0.39, 0.29) is 37.1 Å². The first-order valence-corrected chi connectivity index (χ1v) is 10.9. The van der Waals surface area contributed by atoms with E-state index in [2.05, 4.69) is 5.32 Å². The highest BCUT2D eigenvalue weighted by atomic mass is 35.5. The first kappa shape index (κ1) is 21.1. The molecule has 0 atom stereocenters. The van der Waals surface area contributed by atoms with Crippen molar-refractivity contribution in [3.63, 3.8) is 0 Å². The zero-order valence-corrected chi connectivity index (χ0v) is 17.6. The summed E-state index contributed by atoms with van der Waals surface area (Å²) in [6, 6.07) is 5.36. The van der Waals surface area contributed by atoms with Crippen LogP contribution in [0.1, 0.15) is 48.9 Å². The summed E-state index contributed by atoms with van der Waals surface area (Å²) in [6.45, 7) is 2.06. The van der Waals surface area contributed by atoms with Crippen molar-refractivity contribution in [2.75, 3.05) is 19.6 Å². The summed E-state index contributed by atoms with van der Waals surface area (Å²) in [5.41, 5.74) is 1.14. The van der Waals surface area contributed by atoms with Gasteiger partial charge < -0.3 is 14.8 Å². The SMILES string of the molecule is O=C(NCC1CCC(F)(F)CC1)c1cn(CC(=O)N2CCCC2)c2cccc(Cl)c12. The fraction of sp³-hybridized carbons (Fsp3) is 0.545. The van der Waals surface area contributed by atoms with E-state index in [1.807, 2.05) is 11.0 Å². The van der Waals surface area contributed by atoms with E-state index in [4.69, 9.17) is 11.6 Å². The smallest absolute Gasteiger partial charge is 0.253 e. The Morgan fingerprint density at radius 3 is 2.57 bits per heavy atom. The zero-order valence-electron chi connectivity index (χ0n) is 16.8. The van der Waals surface area contributed by atoms with Gasteiger partial charge in [0.15, 0.2) is 0 Å². The van der Waals surface area contributed by atoms with E-state index in [1.165, 1.54) is 0 Å². The molecule has 4 rings (SSSR count). The van der Waals surface area contributed by atoms with Crippen LogP contribution in [0.2, 0.25) is 5.02 Å². The van der Waals surface area contributed by atoms with Gasteiger partial charge in [0.25, 0.3) is 5.91 Å². The number of halogens is 3. The highest BCUT2D eigenvalue weighted by Crippen LogP contribution is 2.36. The summed E-state index contributed by atoms with van der Waals surface area (Å²) in [4.78, 5) is 27.4. The topological polar surface area (TPSA) is 54.3 Å². The lowest BCUT2D eigenvalue weighted by Crippen LogP contribution is -2.33. The van der Waals surface area contributed by atoms with Crippen LogP contribution in [-0.4, -0.2) is 46.8 Å². The predicted molar refractivity (Wildman–Crippen MR) is 112 cm³/mol. The number of aromatic nitrogens is 1. The monoisotopic (exact) mass is 437 g/mol. The molecule has 30 heavy (non-hydrogen) atoms. The molecule has 8 heteroatoms. The second-order valence-electron chi connectivity index (χ2n) is 8.40. The number of benzene rings is 1. The number of carbonyl (C=O) groups excluding carboxylic acids is 2. The molecule has 1 saturated heterocycles. The summed E-state index contributed by atoms with van der Waals surface area (Å²) in [5, 5.41) is 3.94. The Balaban J connectivity index is 1.50. The molecule has 2 amide bonds. The molecule has 2 heterocycles. The number of hydrogen-bond acceptors (Lipinski definition) is 2. The van der Waals surface area contributed by atoms with Gasteiger partial charge in [-0.05, 0) is 43.7 Å². The molecule has 0 radical (unpaired) electrons. The minimum atomic E-state index is -2.58. The number of rotatable bonds is 5. The number of likely N-dealkylation sites (tertiary alicyclic amines) is 1. The Bertz CT molecular complexity index is 943. The van der Waals surface area contributed by atoms with Gasteiger partial charge >= 0.3 is 0 Å². The summed E-state index contributed by atoms with van der Waals surface area (Å²) in [6.07, 6.45) is 4.26. The van der Waals surface area contributed by atoms with Crippen molar-refractivity contribution in [3.05, 3.63) is 35.0 Å². The Hall–Kier alpha value is -2.15. The van der Waals surface area contributed by atoms with Crippen molar-refractivity contribution in [1.29, 1.82) is 0 Å². The zero-order chi connectivity index (χ0) is 21.3. The molecule has 1 aliphatic carbocycles. The molecule has 1 aromatic carbocycles. The van der Waals surface area contributed by atoms with Gasteiger partial charge in [0.2, 0.25) is 11.8 Å². The van der Waals surface area contributed by atoms with Crippen molar-refractivity contribution in [2.45, 2.75) is 51.0 Å². The van der Waals surface area contributed by atoms with Crippen LogP contribution in [0.25, 0.3) is 10.9 Å². The molecular formula is C22H26ClF2N3O2. The van der Waals surface area contributed by atoms with Gasteiger partial charge in [-0.1, -0.05) is 17.7 Å². The Morgan fingerprint density at radius 2 is 1.87 bits per heavy atom. The molecule has 2 aliphatic rings. The maximum atomic E-state index is 13.3. The van der Waals surface area contributed by atoms with Crippen molar-refractivity contribution in [1.82, 2.24) is 14.8 Å². The summed E-state index contributed by atoms with van der Waals surface area (Å²) in [7, 11) is 0. The lowest BCUT2D eigenvalue weighted by atomic mass is 9.87. The maximum absolute atomic E-state index is 13.3. The third-order valence-corrected chi connectivity index (χ3v) is 6.57. The fourth-order valence-corrected chi connectivity index (χ4v) is 4.73. The van der Waals surface area contributed by atoms with E-state index in [0.717, 1.165) is 31.4 Å². The minimum Gasteiger partial charge on any atom is -0.352 e. The van der Waals surface area contributed by atoms with Crippen LogP contribution >= 0.6 is 11.6 Å². The van der Waals surface area contributed by atoms with Crippen LogP contribution in [0.3, 0.4) is 0 Å². The van der Waals surface area contributed by atoms with Gasteiger partial charge in [0, 0.05) is 44.1 Å². The van der Waals surface area contributed by atoms with E-state index in [0.29, 0.717) is 35.4 Å². The van der Waals surface area contributed by atoms with Crippen LogP contribution in [-0.2, 0) is 11.3 Å². The molecule has 1 aliphatic heterocycles. The summed E-state index contributed by atoms with van der Waals surface area (Å²) >= 11 is 6.39. The van der Waals surface area contributed by atoms with Crippen LogP contribution in [0.4, 0.5) is 8.78 Å². The predicted octanol–water partition coefficient (Wildman–Crippen LogP) is 4.47. The van der Waals surface area contributed by atoms with Gasteiger partial charge in [-0.15, -0.1) is 0 Å². The molecule has 2 fully saturated rings. The first-order valence-electron chi connectivity index (χ1n) is 10.6. The molecule has 5 nitrogen and oxygen atoms in total. The van der Waals surface area contributed by atoms with E-state index < -0.39 is 5.92 Å². The van der Waals surface area contributed by atoms with Gasteiger partial charge in [-0.3, -0.25) is 9.59 Å². The number of carbonyl (C=O) groups is 2. The van der Waals surface area contributed by atoms with Crippen LogP contribution in [0.15, 0.2) is 24.4 Å². The molecule has 0 bridgehead atoms. The molecule has 1 N–H and O–H groups in total. The normalized spacial score (nSPS) is 19.4. The van der Waals surface area contributed by atoms with Crippen LogP contribution in [0.5, 0.6) is 0 Å². The lowest BCUT2D eigenvalue weighted by molar-refractivity contribution is -0.130. The van der Waals surface area contributed by atoms with Crippen LogP contribution in [0, 0.1) is 5.92 Å². The number of alkyl halides is 2. The molecule has 162 valence electrons. The van der Waals surface area contributed by atoms with Crippen LogP contribution < -0.4 is 5.32 Å². The third kappa shape index (κ3) is 4.46. The van der Waals surface area contributed by atoms with Gasteiger partial charge in [0.05, 0.1) is 16.1 Å². The molecule has 2 aromatic rings. The third-order valence-electron chi connectivity index (χ3n) is 6.25. The van der Waals surface area contributed by atoms with Gasteiger partial charge in [-0.25, -0.2) is 8.78 Å². The molecule has 1 saturated carbocycles. The summed E-state index contributed by atoms with van der Waals surface area (Å²) in [5.74, 6) is -2.80. The number of nitrogens with zero attached hydrogens (tertiary/aromatic N) is 2. The average Bonchev–Trinajstić information content (AvgIpc) is 3.36. The number of hydrogen-bond donors (Lipinski definition) is 1. The number of nitrogens with one attached hydrogen (secondary N) is 1. The second-order valence-corrected chi connectivity index (χ2v) is 8.81. The van der Waals surface area contributed by atoms with Crippen molar-refractivity contribution in [3.8, 4) is 0 Å². The minimum absolute atomic E-state index is 0.0273. The summed E-state index contributed by atoms with van der Waals surface area (Å²) < 4.78 is 28.5. The standard InChI is InChI=1S/C22H26ClF2N3O2/c23-17-4-3-5-18-20(17)16(13-28(18)14-19(29)27-10-1-2-11-27)21(30)26-12-15-6-8-22(24,25)9-7-15/h3-5,13,15H,1-2,6-12,14H2,(H,26,30). The highest BCUT2D eigenvalue weighted by Gasteiger charge is 2.35. The lowest BCUT2D eigenvalue weighted by Gasteiger charge is -2.28. The van der Waals surface area contributed by atoms with Gasteiger partial charge in [0.1, 0.15) is 6.54 Å². The first-order chi connectivity index (χ1) is 14.3. The largest absolute Gasteiger partial charge is 0.352 e. The quantitative estimate of drug-likeness (QED) is 0.750. The maximum Gasteiger partial charge on any atom is 0.253 e. The Labute approximate surface area is 179 Å². The molecular weight excluding hydrogens is 412 g/mol. The molecule has 0 unspecified atom stereocenters. The second kappa shape index (κ2) is 8.53. The van der Waals surface area contributed by atoms with Crippen molar-refractivity contribution < 1.29 is 18.4 Å². The Morgan fingerprint density at radius 1 is 1.17 bits per heavy atom. The highest BCUT2D eigenvalue weighted by molar-refractivity contribution is 6.36. The van der Waals surface area contributed by atoms with E-state index in [1.54, 1.807) is 22.9 Å².